The summed E-state index contributed by atoms with van der Waals surface area (Å²) in [5.41, 5.74) is 0. The summed E-state index contributed by atoms with van der Waals surface area (Å²) in [7, 11) is 1.71. The molecule has 1 unspecified atom stereocenters. The molecular weight excluding hydrogens is 214 g/mol. The average molecular weight is 234 g/mol. The summed E-state index contributed by atoms with van der Waals surface area (Å²) in [5, 5.41) is 0. The minimum Gasteiger partial charge on any atom is -0.384 e. The van der Waals surface area contributed by atoms with Crippen LogP contribution >= 0.6 is 11.6 Å². The number of halogens is 1. The van der Waals surface area contributed by atoms with Crippen molar-refractivity contribution in [1.29, 1.82) is 0 Å². The Hall–Kier alpha value is -0.280. The van der Waals surface area contributed by atoms with Crippen molar-refractivity contribution in [3.63, 3.8) is 0 Å². The van der Waals surface area contributed by atoms with Gasteiger partial charge in [0.1, 0.15) is 0 Å². The van der Waals surface area contributed by atoms with Crippen molar-refractivity contribution < 1.29 is 9.53 Å². The van der Waals surface area contributed by atoms with Crippen LogP contribution in [0, 0.1) is 5.92 Å². The van der Waals surface area contributed by atoms with Gasteiger partial charge in [-0.25, -0.2) is 0 Å². The van der Waals surface area contributed by atoms with Gasteiger partial charge in [0.15, 0.2) is 0 Å². The van der Waals surface area contributed by atoms with E-state index in [1.54, 1.807) is 7.11 Å². The molecule has 0 spiro atoms. The lowest BCUT2D eigenvalue weighted by Gasteiger charge is -2.16. The molecule has 1 fully saturated rings. The van der Waals surface area contributed by atoms with E-state index in [0.717, 1.165) is 39.0 Å². The third-order valence-corrected chi connectivity index (χ3v) is 3.08. The molecule has 1 rings (SSSR count). The monoisotopic (exact) mass is 233 g/mol. The summed E-state index contributed by atoms with van der Waals surface area (Å²) >= 11 is 5.57. The molecule has 0 aromatic heterocycles. The van der Waals surface area contributed by atoms with E-state index in [2.05, 4.69) is 0 Å². The highest BCUT2D eigenvalue weighted by Gasteiger charge is 2.25. The fourth-order valence-electron chi connectivity index (χ4n) is 1.96. The molecule has 4 heteroatoms. The van der Waals surface area contributed by atoms with Gasteiger partial charge >= 0.3 is 0 Å². The first-order valence-corrected chi connectivity index (χ1v) is 6.14. The molecule has 1 saturated heterocycles. The van der Waals surface area contributed by atoms with E-state index in [-0.39, 0.29) is 5.91 Å². The molecule has 3 nitrogen and oxygen atoms in total. The number of carbonyl (C=O) groups excluding carboxylic acids is 1. The molecule has 1 heterocycles. The number of hydrogen-bond acceptors (Lipinski definition) is 2. The quantitative estimate of drug-likeness (QED) is 0.518. The number of carbonyl (C=O) groups is 1. The Morgan fingerprint density at radius 3 is 3.00 bits per heavy atom. The smallest absolute Gasteiger partial charge is 0.222 e. The summed E-state index contributed by atoms with van der Waals surface area (Å²) < 4.78 is 5.10. The van der Waals surface area contributed by atoms with E-state index >= 15 is 0 Å². The number of unbranched alkanes of at least 4 members (excludes halogenated alkanes) is 1. The van der Waals surface area contributed by atoms with E-state index in [9.17, 15) is 4.79 Å². The summed E-state index contributed by atoms with van der Waals surface area (Å²) in [5.74, 6) is 1.46. The van der Waals surface area contributed by atoms with Gasteiger partial charge in [0, 0.05) is 38.4 Å². The van der Waals surface area contributed by atoms with Crippen molar-refractivity contribution in [3.05, 3.63) is 0 Å². The highest BCUT2D eigenvalue weighted by atomic mass is 35.5. The SMILES string of the molecule is COCC1CCN(C(=O)CCCCCl)C1. The first-order chi connectivity index (χ1) is 7.27. The summed E-state index contributed by atoms with van der Waals surface area (Å²) in [6.45, 7) is 2.53. The van der Waals surface area contributed by atoms with Crippen LogP contribution in [0.15, 0.2) is 0 Å². The first kappa shape index (κ1) is 12.8. The van der Waals surface area contributed by atoms with Crippen LogP contribution in [-0.4, -0.2) is 43.5 Å². The molecule has 88 valence electrons. The molecular formula is C11H20ClNO2. The zero-order chi connectivity index (χ0) is 11.1. The fraction of sp³-hybridized carbons (Fsp3) is 0.909. The summed E-state index contributed by atoms with van der Waals surface area (Å²) in [6, 6.07) is 0. The topological polar surface area (TPSA) is 29.5 Å². The van der Waals surface area contributed by atoms with Crippen LogP contribution in [-0.2, 0) is 9.53 Å². The van der Waals surface area contributed by atoms with Gasteiger partial charge in [0.25, 0.3) is 0 Å². The molecule has 0 saturated carbocycles. The van der Waals surface area contributed by atoms with Gasteiger partial charge < -0.3 is 9.64 Å². The molecule has 0 radical (unpaired) electrons. The van der Waals surface area contributed by atoms with Crippen LogP contribution in [0.5, 0.6) is 0 Å². The maximum absolute atomic E-state index is 11.7. The Labute approximate surface area is 96.7 Å². The minimum absolute atomic E-state index is 0.277. The predicted molar refractivity (Wildman–Crippen MR) is 61.1 cm³/mol. The Morgan fingerprint density at radius 1 is 1.53 bits per heavy atom. The molecule has 15 heavy (non-hydrogen) atoms. The maximum Gasteiger partial charge on any atom is 0.222 e. The Kier molecular flexibility index (Phi) is 6.03. The molecule has 1 aliphatic heterocycles. The molecule has 1 amide bonds. The third kappa shape index (κ3) is 4.39. The van der Waals surface area contributed by atoms with Crippen molar-refractivity contribution in [2.75, 3.05) is 32.7 Å². The van der Waals surface area contributed by atoms with Crippen molar-refractivity contribution in [2.45, 2.75) is 25.7 Å². The molecule has 1 atom stereocenters. The minimum atomic E-state index is 0.277. The zero-order valence-electron chi connectivity index (χ0n) is 9.38. The number of ether oxygens (including phenoxy) is 1. The second-order valence-electron chi connectivity index (χ2n) is 4.10. The standard InChI is InChI=1S/C11H20ClNO2/c1-15-9-10-5-7-13(8-10)11(14)4-2-3-6-12/h10H,2-9H2,1H3. The van der Waals surface area contributed by atoms with E-state index in [1.807, 2.05) is 4.90 Å². The Morgan fingerprint density at radius 2 is 2.33 bits per heavy atom. The molecule has 0 aromatic rings. The van der Waals surface area contributed by atoms with Gasteiger partial charge in [0.2, 0.25) is 5.91 Å². The number of methoxy groups -OCH3 is 1. The Bertz CT molecular complexity index is 199. The van der Waals surface area contributed by atoms with Crippen LogP contribution in [0.4, 0.5) is 0 Å². The van der Waals surface area contributed by atoms with E-state index in [1.165, 1.54) is 0 Å². The number of hydrogen-bond donors (Lipinski definition) is 0. The van der Waals surface area contributed by atoms with Gasteiger partial charge in [-0.2, -0.15) is 0 Å². The zero-order valence-corrected chi connectivity index (χ0v) is 10.1. The van der Waals surface area contributed by atoms with Crippen LogP contribution in [0.1, 0.15) is 25.7 Å². The number of amides is 1. The van der Waals surface area contributed by atoms with E-state index in [4.69, 9.17) is 16.3 Å². The second kappa shape index (κ2) is 7.07. The highest BCUT2D eigenvalue weighted by molar-refractivity contribution is 6.17. The number of alkyl halides is 1. The summed E-state index contributed by atoms with van der Waals surface area (Å²) in [4.78, 5) is 13.7. The van der Waals surface area contributed by atoms with Gasteiger partial charge in [-0.1, -0.05) is 0 Å². The molecule has 0 bridgehead atoms. The van der Waals surface area contributed by atoms with Crippen molar-refractivity contribution >= 4 is 17.5 Å². The van der Waals surface area contributed by atoms with Crippen molar-refractivity contribution in [1.82, 2.24) is 4.90 Å². The van der Waals surface area contributed by atoms with Crippen LogP contribution in [0.25, 0.3) is 0 Å². The average Bonchev–Trinajstić information content (AvgIpc) is 2.67. The summed E-state index contributed by atoms with van der Waals surface area (Å²) in [6.07, 6.45) is 3.57. The van der Waals surface area contributed by atoms with Gasteiger partial charge in [-0.15, -0.1) is 11.6 Å². The molecule has 0 N–H and O–H groups in total. The first-order valence-electron chi connectivity index (χ1n) is 5.60. The predicted octanol–water partition coefficient (Wildman–Crippen LogP) is 1.89. The molecule has 0 aliphatic carbocycles. The van der Waals surface area contributed by atoms with Crippen LogP contribution in [0.2, 0.25) is 0 Å². The van der Waals surface area contributed by atoms with Gasteiger partial charge in [0.05, 0.1) is 6.61 Å². The van der Waals surface area contributed by atoms with E-state index < -0.39 is 0 Å². The number of likely N-dealkylation sites (tertiary alicyclic amines) is 1. The molecule has 1 aliphatic rings. The van der Waals surface area contributed by atoms with E-state index in [0.29, 0.717) is 18.2 Å². The third-order valence-electron chi connectivity index (χ3n) is 2.82. The van der Waals surface area contributed by atoms with Gasteiger partial charge in [-0.05, 0) is 19.3 Å². The Balaban J connectivity index is 2.18. The van der Waals surface area contributed by atoms with Crippen molar-refractivity contribution in [3.8, 4) is 0 Å². The maximum atomic E-state index is 11.7. The lowest BCUT2D eigenvalue weighted by molar-refractivity contribution is -0.130. The normalized spacial score (nSPS) is 20.9. The second-order valence-corrected chi connectivity index (χ2v) is 4.47. The van der Waals surface area contributed by atoms with Crippen LogP contribution < -0.4 is 0 Å². The number of nitrogens with zero attached hydrogens (tertiary/aromatic N) is 1. The molecule has 0 aromatic carbocycles. The van der Waals surface area contributed by atoms with Gasteiger partial charge in [-0.3, -0.25) is 4.79 Å². The fourth-order valence-corrected chi connectivity index (χ4v) is 2.15. The lowest BCUT2D eigenvalue weighted by Crippen LogP contribution is -2.28. The largest absolute Gasteiger partial charge is 0.384 e. The highest BCUT2D eigenvalue weighted by Crippen LogP contribution is 2.17. The van der Waals surface area contributed by atoms with Crippen LogP contribution in [0.3, 0.4) is 0 Å². The lowest BCUT2D eigenvalue weighted by atomic mass is 10.1. The number of rotatable bonds is 6. The van der Waals surface area contributed by atoms with Crippen molar-refractivity contribution in [2.24, 2.45) is 5.92 Å².